The van der Waals surface area contributed by atoms with E-state index in [-0.39, 0.29) is 10.8 Å². The Labute approximate surface area is 198 Å². The van der Waals surface area contributed by atoms with Gasteiger partial charge >= 0.3 is 0 Å². The van der Waals surface area contributed by atoms with Crippen molar-refractivity contribution < 1.29 is 4.79 Å². The van der Waals surface area contributed by atoms with E-state index < -0.39 is 0 Å². The number of Topliss-reactive ketones (excluding diaryl/α,β-unsaturated/α-hetero) is 1. The summed E-state index contributed by atoms with van der Waals surface area (Å²) in [4.78, 5) is 15.4. The molecule has 3 atom stereocenters. The highest BCUT2D eigenvalue weighted by atomic mass is 16.1. The van der Waals surface area contributed by atoms with Gasteiger partial charge < -0.3 is 5.32 Å². The fourth-order valence-electron chi connectivity index (χ4n) is 5.99. The summed E-state index contributed by atoms with van der Waals surface area (Å²) in [5.74, 6) is 1.46. The number of unbranched alkanes of at least 4 members (excludes halogenated alkanes) is 1. The van der Waals surface area contributed by atoms with Crippen LogP contribution in [0.2, 0.25) is 0 Å². The summed E-state index contributed by atoms with van der Waals surface area (Å²) in [7, 11) is 0. The van der Waals surface area contributed by atoms with Crippen LogP contribution in [-0.4, -0.2) is 43.4 Å². The second-order valence-corrected chi connectivity index (χ2v) is 11.7. The number of carbonyl (C=O) groups excluding carboxylic acids is 1. The summed E-state index contributed by atoms with van der Waals surface area (Å²) in [5.41, 5.74) is 4.32. The van der Waals surface area contributed by atoms with Crippen LogP contribution in [0.4, 0.5) is 0 Å². The topological polar surface area (TPSA) is 32.3 Å². The van der Waals surface area contributed by atoms with E-state index in [1.165, 1.54) is 24.0 Å². The van der Waals surface area contributed by atoms with E-state index >= 15 is 0 Å². The fourth-order valence-corrected chi connectivity index (χ4v) is 5.99. The molecule has 0 amide bonds. The lowest BCUT2D eigenvalue weighted by Crippen LogP contribution is -2.54. The number of nitrogens with one attached hydrogen (secondary N) is 1. The number of rotatable bonds is 11. The van der Waals surface area contributed by atoms with Crippen LogP contribution in [0.25, 0.3) is 0 Å². The molecular formula is C29H50N2O. The Morgan fingerprint density at radius 1 is 1.12 bits per heavy atom. The highest BCUT2D eigenvalue weighted by Gasteiger charge is 2.55. The second kappa shape index (κ2) is 11.8. The molecule has 0 aliphatic heterocycles. The molecule has 0 aromatic carbocycles. The van der Waals surface area contributed by atoms with Crippen LogP contribution < -0.4 is 5.32 Å². The van der Waals surface area contributed by atoms with Gasteiger partial charge in [0.2, 0.25) is 0 Å². The van der Waals surface area contributed by atoms with E-state index in [0.29, 0.717) is 17.6 Å². The van der Waals surface area contributed by atoms with Crippen LogP contribution in [0.5, 0.6) is 0 Å². The SMILES string of the molecule is CC(C)=CCNCCCCN(CC=C(C)C)CC1C(C)=CCC2C(C)(C)C(=O)CCC12C. The third-order valence-electron chi connectivity index (χ3n) is 8.23. The van der Waals surface area contributed by atoms with Crippen LogP contribution in [0.1, 0.15) is 87.5 Å². The van der Waals surface area contributed by atoms with Gasteiger partial charge in [0.25, 0.3) is 0 Å². The van der Waals surface area contributed by atoms with Gasteiger partial charge in [-0.15, -0.1) is 0 Å². The molecule has 3 unspecified atom stereocenters. The minimum atomic E-state index is -0.204. The molecule has 1 fully saturated rings. The standard InChI is InChI=1S/C29H50N2O/c1-22(2)14-18-30-17-9-10-19-31(20-15-23(3)4)21-25-24(5)11-12-26-28(6,7)27(32)13-16-29(25,26)8/h11,14-15,25-26,30H,9-10,12-13,16-21H2,1-8H3. The van der Waals surface area contributed by atoms with Gasteiger partial charge in [0.15, 0.2) is 0 Å². The molecule has 2 rings (SSSR count). The van der Waals surface area contributed by atoms with E-state index in [2.05, 4.69) is 83.8 Å². The summed E-state index contributed by atoms with van der Waals surface area (Å²) in [6.45, 7) is 23.3. The Hall–Kier alpha value is -1.19. The maximum atomic E-state index is 12.7. The minimum absolute atomic E-state index is 0.204. The first kappa shape index (κ1) is 27.1. The lowest BCUT2D eigenvalue weighted by atomic mass is 9.48. The molecule has 2 aliphatic rings. The molecule has 3 nitrogen and oxygen atoms in total. The first-order chi connectivity index (χ1) is 15.0. The average molecular weight is 443 g/mol. The molecule has 0 aromatic rings. The molecule has 1 N–H and O–H groups in total. The Morgan fingerprint density at radius 2 is 1.81 bits per heavy atom. The molecular weight excluding hydrogens is 392 g/mol. The minimum Gasteiger partial charge on any atom is -0.313 e. The van der Waals surface area contributed by atoms with Crippen molar-refractivity contribution in [3.63, 3.8) is 0 Å². The first-order valence-corrected chi connectivity index (χ1v) is 12.9. The molecule has 1 saturated carbocycles. The van der Waals surface area contributed by atoms with Gasteiger partial charge in [0.05, 0.1) is 0 Å². The Morgan fingerprint density at radius 3 is 2.47 bits per heavy atom. The normalized spacial score (nSPS) is 27.0. The maximum Gasteiger partial charge on any atom is 0.138 e. The van der Waals surface area contributed by atoms with Crippen molar-refractivity contribution in [2.24, 2.45) is 22.7 Å². The number of carbonyl (C=O) groups is 1. The van der Waals surface area contributed by atoms with Gasteiger partial charge in [0.1, 0.15) is 5.78 Å². The largest absolute Gasteiger partial charge is 0.313 e. The van der Waals surface area contributed by atoms with E-state index in [1.54, 1.807) is 5.57 Å². The zero-order valence-electron chi connectivity index (χ0n) is 22.3. The van der Waals surface area contributed by atoms with Crippen LogP contribution in [-0.2, 0) is 4.79 Å². The molecule has 0 spiro atoms. The second-order valence-electron chi connectivity index (χ2n) is 11.7. The number of ketones is 1. The average Bonchev–Trinajstić information content (AvgIpc) is 2.70. The third-order valence-corrected chi connectivity index (χ3v) is 8.23. The van der Waals surface area contributed by atoms with E-state index in [0.717, 1.165) is 52.0 Å². The van der Waals surface area contributed by atoms with Crippen molar-refractivity contribution in [3.8, 4) is 0 Å². The number of hydrogen-bond donors (Lipinski definition) is 1. The zero-order chi connectivity index (χ0) is 23.9. The molecule has 3 heteroatoms. The Balaban J connectivity index is 2.05. The Kier molecular flexibility index (Phi) is 9.97. The fraction of sp³-hybridized carbons (Fsp3) is 0.759. The molecule has 0 bridgehead atoms. The zero-order valence-corrected chi connectivity index (χ0v) is 22.3. The molecule has 0 aromatic heterocycles. The van der Waals surface area contributed by atoms with Crippen molar-refractivity contribution >= 4 is 5.78 Å². The highest BCUT2D eigenvalue weighted by Crippen LogP contribution is 2.58. The number of fused-ring (bicyclic) bond motifs is 1. The van der Waals surface area contributed by atoms with Gasteiger partial charge in [-0.05, 0) is 90.6 Å². The predicted molar refractivity (Wildman–Crippen MR) is 139 cm³/mol. The number of nitrogens with zero attached hydrogens (tertiary/aromatic N) is 1. The number of allylic oxidation sites excluding steroid dienone is 3. The molecule has 0 heterocycles. The van der Waals surface area contributed by atoms with Crippen LogP contribution in [0.15, 0.2) is 34.9 Å². The predicted octanol–water partition coefficient (Wildman–Crippen LogP) is 6.57. The smallest absolute Gasteiger partial charge is 0.138 e. The monoisotopic (exact) mass is 442 g/mol. The highest BCUT2D eigenvalue weighted by molar-refractivity contribution is 5.85. The summed E-state index contributed by atoms with van der Waals surface area (Å²) < 4.78 is 0. The van der Waals surface area contributed by atoms with Gasteiger partial charge in [-0.25, -0.2) is 0 Å². The molecule has 2 aliphatic carbocycles. The summed E-state index contributed by atoms with van der Waals surface area (Å²) >= 11 is 0. The first-order valence-electron chi connectivity index (χ1n) is 12.9. The van der Waals surface area contributed by atoms with E-state index in [1.807, 2.05) is 0 Å². The molecule has 0 radical (unpaired) electrons. The maximum absolute atomic E-state index is 12.7. The van der Waals surface area contributed by atoms with Crippen molar-refractivity contribution in [1.29, 1.82) is 0 Å². The van der Waals surface area contributed by atoms with E-state index in [9.17, 15) is 4.79 Å². The van der Waals surface area contributed by atoms with Crippen molar-refractivity contribution in [2.75, 3.05) is 32.7 Å². The van der Waals surface area contributed by atoms with Gasteiger partial charge in [-0.2, -0.15) is 0 Å². The summed E-state index contributed by atoms with van der Waals surface area (Å²) in [6, 6.07) is 0. The van der Waals surface area contributed by atoms with Gasteiger partial charge in [-0.3, -0.25) is 9.69 Å². The van der Waals surface area contributed by atoms with Crippen LogP contribution in [0.3, 0.4) is 0 Å². The van der Waals surface area contributed by atoms with Crippen molar-refractivity contribution in [2.45, 2.75) is 87.5 Å². The van der Waals surface area contributed by atoms with Crippen molar-refractivity contribution in [1.82, 2.24) is 10.2 Å². The molecule has 182 valence electrons. The lowest BCUT2D eigenvalue weighted by Gasteiger charge is -2.56. The number of hydrogen-bond acceptors (Lipinski definition) is 3. The molecule has 32 heavy (non-hydrogen) atoms. The quantitative estimate of drug-likeness (QED) is 0.290. The van der Waals surface area contributed by atoms with Crippen LogP contribution in [0, 0.1) is 22.7 Å². The van der Waals surface area contributed by atoms with E-state index in [4.69, 9.17) is 0 Å². The summed E-state index contributed by atoms with van der Waals surface area (Å²) in [5, 5.41) is 3.54. The Bertz CT molecular complexity index is 721. The van der Waals surface area contributed by atoms with Crippen LogP contribution >= 0.6 is 0 Å². The van der Waals surface area contributed by atoms with Gasteiger partial charge in [0, 0.05) is 31.5 Å². The van der Waals surface area contributed by atoms with Crippen molar-refractivity contribution in [3.05, 3.63) is 34.9 Å². The lowest BCUT2D eigenvalue weighted by molar-refractivity contribution is -0.143. The third kappa shape index (κ3) is 6.90. The molecule has 0 saturated heterocycles. The van der Waals surface area contributed by atoms with Gasteiger partial charge in [-0.1, -0.05) is 55.7 Å². The summed E-state index contributed by atoms with van der Waals surface area (Å²) in [6.07, 6.45) is 12.4.